The molecule has 1 aliphatic rings. The molecule has 0 saturated carbocycles. The zero-order chi connectivity index (χ0) is 22.2. The fraction of sp³-hybridized carbons (Fsp3) is 0.345. The Bertz CT molecular complexity index is 969. The molecular weight excluding hydrogens is 392 g/mol. The van der Waals surface area contributed by atoms with Gasteiger partial charge in [0, 0.05) is 26.2 Å². The number of piperidine rings is 1. The highest BCUT2D eigenvalue weighted by Crippen LogP contribution is 2.31. The monoisotopic (exact) mass is 426 g/mol. The van der Waals surface area contributed by atoms with Gasteiger partial charge in [-0.3, -0.25) is 9.69 Å². The van der Waals surface area contributed by atoms with E-state index in [0.29, 0.717) is 12.5 Å². The van der Waals surface area contributed by atoms with Gasteiger partial charge in [0.2, 0.25) is 5.91 Å². The van der Waals surface area contributed by atoms with Gasteiger partial charge < -0.3 is 5.32 Å². The molecule has 1 aliphatic heterocycles. The second-order valence-corrected chi connectivity index (χ2v) is 8.93. The molecule has 1 heterocycles. The number of amides is 1. The maximum Gasteiger partial charge on any atom is 0.224 e. The molecule has 3 aromatic carbocycles. The lowest BCUT2D eigenvalue weighted by molar-refractivity contribution is -0.127. The summed E-state index contributed by atoms with van der Waals surface area (Å²) in [6.07, 6.45) is 2.83. The summed E-state index contributed by atoms with van der Waals surface area (Å²) in [6.45, 7) is 5.57. The third-order valence-corrected chi connectivity index (χ3v) is 6.56. The van der Waals surface area contributed by atoms with Crippen molar-refractivity contribution in [2.45, 2.75) is 38.6 Å². The van der Waals surface area contributed by atoms with Crippen molar-refractivity contribution >= 4 is 5.91 Å². The van der Waals surface area contributed by atoms with E-state index in [9.17, 15) is 4.79 Å². The molecule has 0 aromatic heterocycles. The standard InChI is InChI=1S/C29H34N2O/c1-2-23-13-15-26(16-14-23)27-19-28(22-31(21-27)20-25-11-7-4-8-12-25)29(32)30-18-17-24-9-5-3-6-10-24/h3-16,27-28H,2,17-22H2,1H3,(H,30,32). The Morgan fingerprint density at radius 1 is 0.844 bits per heavy atom. The minimum absolute atomic E-state index is 0.0130. The van der Waals surface area contributed by atoms with Gasteiger partial charge in [0.1, 0.15) is 0 Å². The van der Waals surface area contributed by atoms with E-state index < -0.39 is 0 Å². The molecule has 1 fully saturated rings. The highest BCUT2D eigenvalue weighted by atomic mass is 16.1. The molecule has 1 N–H and O–H groups in total. The van der Waals surface area contributed by atoms with Crippen LogP contribution < -0.4 is 5.32 Å². The molecule has 4 rings (SSSR count). The van der Waals surface area contributed by atoms with Crippen molar-refractivity contribution < 1.29 is 4.79 Å². The predicted octanol–water partition coefficient (Wildman–Crippen LogP) is 5.21. The number of rotatable bonds is 8. The maximum atomic E-state index is 13.1. The lowest BCUT2D eigenvalue weighted by Crippen LogP contribution is -2.45. The van der Waals surface area contributed by atoms with E-state index in [1.54, 1.807) is 0 Å². The van der Waals surface area contributed by atoms with Gasteiger partial charge in [0.15, 0.2) is 0 Å². The Kier molecular flexibility index (Phi) is 7.73. The zero-order valence-corrected chi connectivity index (χ0v) is 19.0. The molecule has 2 unspecified atom stereocenters. The molecule has 2 atom stereocenters. The highest BCUT2D eigenvalue weighted by molar-refractivity contribution is 5.79. The van der Waals surface area contributed by atoms with Gasteiger partial charge in [-0.25, -0.2) is 0 Å². The number of hydrogen-bond acceptors (Lipinski definition) is 2. The van der Waals surface area contributed by atoms with Crippen molar-refractivity contribution in [2.24, 2.45) is 5.92 Å². The van der Waals surface area contributed by atoms with Gasteiger partial charge in [0.05, 0.1) is 5.92 Å². The topological polar surface area (TPSA) is 32.3 Å². The number of likely N-dealkylation sites (tertiary alicyclic amines) is 1. The van der Waals surface area contributed by atoms with Crippen LogP contribution in [0.25, 0.3) is 0 Å². The van der Waals surface area contributed by atoms with Crippen LogP contribution >= 0.6 is 0 Å². The van der Waals surface area contributed by atoms with E-state index in [1.807, 2.05) is 18.2 Å². The first-order valence-corrected chi connectivity index (χ1v) is 11.9. The van der Waals surface area contributed by atoms with E-state index in [0.717, 1.165) is 38.9 Å². The summed E-state index contributed by atoms with van der Waals surface area (Å²) in [6, 6.07) is 29.9. The van der Waals surface area contributed by atoms with Crippen LogP contribution in [0.4, 0.5) is 0 Å². The van der Waals surface area contributed by atoms with Gasteiger partial charge >= 0.3 is 0 Å². The van der Waals surface area contributed by atoms with E-state index in [2.05, 4.69) is 83.9 Å². The molecule has 3 aromatic rings. The molecule has 32 heavy (non-hydrogen) atoms. The van der Waals surface area contributed by atoms with Crippen molar-refractivity contribution in [3.63, 3.8) is 0 Å². The van der Waals surface area contributed by atoms with Crippen LogP contribution in [-0.2, 0) is 24.2 Å². The number of carbonyl (C=O) groups is 1. The normalized spacial score (nSPS) is 18.9. The Morgan fingerprint density at radius 2 is 1.50 bits per heavy atom. The molecular formula is C29H34N2O. The Morgan fingerprint density at radius 3 is 2.16 bits per heavy atom. The molecule has 3 heteroatoms. The first kappa shape index (κ1) is 22.3. The minimum atomic E-state index is 0.0130. The van der Waals surface area contributed by atoms with Gasteiger partial charge in [0.25, 0.3) is 0 Å². The Balaban J connectivity index is 1.43. The Hall–Kier alpha value is -2.91. The van der Waals surface area contributed by atoms with Crippen molar-refractivity contribution in [1.29, 1.82) is 0 Å². The fourth-order valence-electron chi connectivity index (χ4n) is 4.74. The minimum Gasteiger partial charge on any atom is -0.355 e. The first-order valence-electron chi connectivity index (χ1n) is 11.9. The summed E-state index contributed by atoms with van der Waals surface area (Å²) in [5, 5.41) is 3.21. The SMILES string of the molecule is CCc1ccc(C2CC(C(=O)NCCc3ccccc3)CN(Cc3ccccc3)C2)cc1. The molecule has 0 bridgehead atoms. The van der Waals surface area contributed by atoms with E-state index in [-0.39, 0.29) is 11.8 Å². The lowest BCUT2D eigenvalue weighted by Gasteiger charge is -2.37. The largest absolute Gasteiger partial charge is 0.355 e. The van der Waals surface area contributed by atoms with Crippen molar-refractivity contribution in [3.05, 3.63) is 107 Å². The maximum absolute atomic E-state index is 13.1. The number of nitrogens with one attached hydrogen (secondary N) is 1. The van der Waals surface area contributed by atoms with Crippen molar-refractivity contribution in [2.75, 3.05) is 19.6 Å². The van der Waals surface area contributed by atoms with Crippen molar-refractivity contribution in [3.8, 4) is 0 Å². The molecule has 0 spiro atoms. The smallest absolute Gasteiger partial charge is 0.224 e. The number of carbonyl (C=O) groups excluding carboxylic acids is 1. The summed E-state index contributed by atoms with van der Waals surface area (Å²) in [7, 11) is 0. The van der Waals surface area contributed by atoms with Crippen molar-refractivity contribution in [1.82, 2.24) is 10.2 Å². The molecule has 3 nitrogen and oxygen atoms in total. The fourth-order valence-corrected chi connectivity index (χ4v) is 4.74. The first-order chi connectivity index (χ1) is 15.7. The third kappa shape index (κ3) is 6.08. The summed E-state index contributed by atoms with van der Waals surface area (Å²) in [5.41, 5.74) is 5.27. The summed E-state index contributed by atoms with van der Waals surface area (Å²) < 4.78 is 0. The number of nitrogens with zero attached hydrogens (tertiary/aromatic N) is 1. The zero-order valence-electron chi connectivity index (χ0n) is 19.0. The Labute approximate surface area is 192 Å². The molecule has 1 amide bonds. The lowest BCUT2D eigenvalue weighted by atomic mass is 9.83. The quantitative estimate of drug-likeness (QED) is 0.536. The van der Waals surface area contributed by atoms with Gasteiger partial charge in [-0.15, -0.1) is 0 Å². The van der Waals surface area contributed by atoms with E-state index in [4.69, 9.17) is 0 Å². The molecule has 1 saturated heterocycles. The highest BCUT2D eigenvalue weighted by Gasteiger charge is 2.32. The second-order valence-electron chi connectivity index (χ2n) is 8.93. The summed E-state index contributed by atoms with van der Waals surface area (Å²) in [5.74, 6) is 0.580. The van der Waals surface area contributed by atoms with Crippen LogP contribution in [0.5, 0.6) is 0 Å². The average Bonchev–Trinajstić information content (AvgIpc) is 2.85. The third-order valence-electron chi connectivity index (χ3n) is 6.56. The number of aryl methyl sites for hydroxylation is 1. The number of benzene rings is 3. The van der Waals surface area contributed by atoms with Crippen LogP contribution in [0.15, 0.2) is 84.9 Å². The second kappa shape index (κ2) is 11.1. The average molecular weight is 427 g/mol. The van der Waals surface area contributed by atoms with Crippen LogP contribution in [0, 0.1) is 5.92 Å². The van der Waals surface area contributed by atoms with Gasteiger partial charge in [-0.2, -0.15) is 0 Å². The van der Waals surface area contributed by atoms with Crippen LogP contribution in [0.3, 0.4) is 0 Å². The van der Waals surface area contributed by atoms with Gasteiger partial charge in [-0.05, 0) is 47.4 Å². The molecule has 0 aliphatic carbocycles. The molecule has 0 radical (unpaired) electrons. The molecule has 166 valence electrons. The summed E-state index contributed by atoms with van der Waals surface area (Å²) >= 11 is 0. The van der Waals surface area contributed by atoms with Gasteiger partial charge in [-0.1, -0.05) is 91.9 Å². The predicted molar refractivity (Wildman–Crippen MR) is 132 cm³/mol. The number of hydrogen-bond donors (Lipinski definition) is 1. The van der Waals surface area contributed by atoms with E-state index >= 15 is 0 Å². The van der Waals surface area contributed by atoms with Crippen LogP contribution in [0.2, 0.25) is 0 Å². The van der Waals surface area contributed by atoms with Crippen LogP contribution in [0.1, 0.15) is 41.5 Å². The van der Waals surface area contributed by atoms with E-state index in [1.165, 1.54) is 22.3 Å². The van der Waals surface area contributed by atoms with Crippen LogP contribution in [-0.4, -0.2) is 30.4 Å². The summed E-state index contributed by atoms with van der Waals surface area (Å²) in [4.78, 5) is 15.6.